The van der Waals surface area contributed by atoms with Crippen LogP contribution in [0.25, 0.3) is 0 Å². The summed E-state index contributed by atoms with van der Waals surface area (Å²) in [6.07, 6.45) is -1.51. The number of halogens is 4. The molecule has 2 fully saturated rings. The minimum atomic E-state index is -4.17. The Labute approximate surface area is 134 Å². The van der Waals surface area contributed by atoms with Crippen LogP contribution in [0.4, 0.5) is 13.2 Å². The molecule has 0 bridgehead atoms. The maximum atomic E-state index is 12.8. The van der Waals surface area contributed by atoms with Gasteiger partial charge in [-0.2, -0.15) is 13.2 Å². The van der Waals surface area contributed by atoms with E-state index in [9.17, 15) is 18.0 Å². The Morgan fingerprint density at radius 2 is 1.82 bits per heavy atom. The first-order valence-corrected chi connectivity index (χ1v) is 7.58. The minimum Gasteiger partial charge on any atom is -0.381 e. The Morgan fingerprint density at radius 1 is 1.18 bits per heavy atom. The SMILES string of the molecule is Cl.NC(C(=O)NC1CCCC(C(F)(F)F)C1)C1CCOCC1. The maximum Gasteiger partial charge on any atom is 0.391 e. The highest BCUT2D eigenvalue weighted by atomic mass is 35.5. The van der Waals surface area contributed by atoms with Crippen molar-refractivity contribution < 1.29 is 22.7 Å². The molecule has 2 rings (SSSR count). The number of ether oxygens (including phenoxy) is 1. The molecule has 4 nitrogen and oxygen atoms in total. The first-order valence-electron chi connectivity index (χ1n) is 7.58. The summed E-state index contributed by atoms with van der Waals surface area (Å²) in [5.74, 6) is -1.58. The third-order valence-corrected chi connectivity index (χ3v) is 4.56. The quantitative estimate of drug-likeness (QED) is 0.826. The predicted octanol–water partition coefficient (Wildman–Crippen LogP) is 2.40. The molecule has 0 spiro atoms. The molecule has 0 radical (unpaired) electrons. The van der Waals surface area contributed by atoms with Crippen LogP contribution in [0.1, 0.15) is 38.5 Å². The monoisotopic (exact) mass is 344 g/mol. The second kappa shape index (κ2) is 8.36. The Morgan fingerprint density at radius 3 is 2.41 bits per heavy atom. The van der Waals surface area contributed by atoms with Crippen molar-refractivity contribution in [3.05, 3.63) is 0 Å². The van der Waals surface area contributed by atoms with Gasteiger partial charge in [-0.05, 0) is 38.0 Å². The van der Waals surface area contributed by atoms with Gasteiger partial charge in [-0.25, -0.2) is 0 Å². The zero-order valence-electron chi connectivity index (χ0n) is 12.4. The summed E-state index contributed by atoms with van der Waals surface area (Å²) >= 11 is 0. The van der Waals surface area contributed by atoms with Crippen LogP contribution < -0.4 is 11.1 Å². The van der Waals surface area contributed by atoms with E-state index >= 15 is 0 Å². The topological polar surface area (TPSA) is 64.4 Å². The summed E-state index contributed by atoms with van der Waals surface area (Å²) in [6.45, 7) is 1.18. The van der Waals surface area contributed by atoms with Crippen LogP contribution in [0, 0.1) is 11.8 Å². The Kier molecular flexibility index (Phi) is 7.41. The number of nitrogens with one attached hydrogen (secondary N) is 1. The molecular weight excluding hydrogens is 321 g/mol. The van der Waals surface area contributed by atoms with Crippen LogP contribution in [0.2, 0.25) is 0 Å². The summed E-state index contributed by atoms with van der Waals surface area (Å²) in [4.78, 5) is 12.1. The van der Waals surface area contributed by atoms with Crippen LogP contribution in [-0.2, 0) is 9.53 Å². The molecular formula is C14H24ClF3N2O2. The second-order valence-corrected chi connectivity index (χ2v) is 6.09. The smallest absolute Gasteiger partial charge is 0.381 e. The van der Waals surface area contributed by atoms with Crippen molar-refractivity contribution in [1.29, 1.82) is 0 Å². The number of nitrogens with two attached hydrogens (primary N) is 1. The lowest BCUT2D eigenvalue weighted by atomic mass is 9.84. The lowest BCUT2D eigenvalue weighted by Gasteiger charge is -2.33. The van der Waals surface area contributed by atoms with Crippen molar-refractivity contribution in [3.8, 4) is 0 Å². The largest absolute Gasteiger partial charge is 0.391 e. The molecule has 0 aromatic carbocycles. The molecule has 1 saturated heterocycles. The average Bonchev–Trinajstić information content (AvgIpc) is 2.47. The predicted molar refractivity (Wildman–Crippen MR) is 78.7 cm³/mol. The van der Waals surface area contributed by atoms with E-state index in [1.807, 2.05) is 0 Å². The van der Waals surface area contributed by atoms with Crippen molar-refractivity contribution in [1.82, 2.24) is 5.32 Å². The van der Waals surface area contributed by atoms with E-state index in [-0.39, 0.29) is 37.1 Å². The highest BCUT2D eigenvalue weighted by Gasteiger charge is 2.42. The van der Waals surface area contributed by atoms with Gasteiger partial charge in [0.25, 0.3) is 0 Å². The van der Waals surface area contributed by atoms with Gasteiger partial charge in [0, 0.05) is 19.3 Å². The summed E-state index contributed by atoms with van der Waals surface area (Å²) in [6, 6.07) is -1.07. The fourth-order valence-electron chi connectivity index (χ4n) is 3.20. The van der Waals surface area contributed by atoms with E-state index in [1.54, 1.807) is 0 Å². The van der Waals surface area contributed by atoms with E-state index in [0.717, 1.165) is 12.8 Å². The highest BCUT2D eigenvalue weighted by molar-refractivity contribution is 5.85. The molecule has 8 heteroatoms. The zero-order chi connectivity index (χ0) is 15.5. The third kappa shape index (κ3) is 5.28. The van der Waals surface area contributed by atoms with Gasteiger partial charge in [0.05, 0.1) is 12.0 Å². The molecule has 1 aliphatic heterocycles. The van der Waals surface area contributed by atoms with Crippen LogP contribution in [0.5, 0.6) is 0 Å². The fraction of sp³-hybridized carbons (Fsp3) is 0.929. The minimum absolute atomic E-state index is 0. The zero-order valence-corrected chi connectivity index (χ0v) is 13.2. The first-order chi connectivity index (χ1) is 9.88. The van der Waals surface area contributed by atoms with Gasteiger partial charge >= 0.3 is 6.18 Å². The molecule has 22 heavy (non-hydrogen) atoms. The van der Waals surface area contributed by atoms with Gasteiger partial charge in [-0.3, -0.25) is 4.79 Å². The highest BCUT2D eigenvalue weighted by Crippen LogP contribution is 2.37. The van der Waals surface area contributed by atoms with Crippen LogP contribution in [0.15, 0.2) is 0 Å². The van der Waals surface area contributed by atoms with E-state index in [0.29, 0.717) is 26.1 Å². The molecule has 3 N–H and O–H groups in total. The number of hydrogen-bond donors (Lipinski definition) is 2. The molecule has 3 unspecified atom stereocenters. The molecule has 0 aromatic rings. The van der Waals surface area contributed by atoms with Crippen molar-refractivity contribution in [3.63, 3.8) is 0 Å². The fourth-order valence-corrected chi connectivity index (χ4v) is 3.20. The number of alkyl halides is 3. The first kappa shape index (κ1) is 19.5. The second-order valence-electron chi connectivity index (χ2n) is 6.09. The Hall–Kier alpha value is -0.530. The van der Waals surface area contributed by atoms with E-state index in [1.165, 1.54) is 0 Å². The summed E-state index contributed by atoms with van der Waals surface area (Å²) in [5.41, 5.74) is 5.94. The molecule has 1 amide bonds. The molecule has 3 atom stereocenters. The van der Waals surface area contributed by atoms with Crippen molar-refractivity contribution >= 4 is 18.3 Å². The summed E-state index contributed by atoms with van der Waals surface area (Å²) in [5, 5.41) is 2.71. The maximum absolute atomic E-state index is 12.8. The Bertz CT molecular complexity index is 362. The van der Waals surface area contributed by atoms with Crippen LogP contribution in [-0.4, -0.2) is 37.4 Å². The molecule has 0 aromatic heterocycles. The molecule has 1 heterocycles. The van der Waals surface area contributed by atoms with Crippen LogP contribution >= 0.6 is 12.4 Å². The van der Waals surface area contributed by atoms with Gasteiger partial charge in [0.15, 0.2) is 0 Å². The average molecular weight is 345 g/mol. The van der Waals surface area contributed by atoms with Gasteiger partial charge < -0.3 is 15.8 Å². The van der Waals surface area contributed by atoms with Crippen molar-refractivity contribution in [2.75, 3.05) is 13.2 Å². The lowest BCUT2D eigenvalue weighted by Crippen LogP contribution is -2.51. The van der Waals surface area contributed by atoms with E-state index in [2.05, 4.69) is 5.32 Å². The molecule has 130 valence electrons. The van der Waals surface area contributed by atoms with Crippen molar-refractivity contribution in [2.45, 2.75) is 56.8 Å². The summed E-state index contributed by atoms with van der Waals surface area (Å²) in [7, 11) is 0. The van der Waals surface area contributed by atoms with Gasteiger partial charge in [0.1, 0.15) is 0 Å². The van der Waals surface area contributed by atoms with E-state index < -0.39 is 24.2 Å². The lowest BCUT2D eigenvalue weighted by molar-refractivity contribution is -0.184. The van der Waals surface area contributed by atoms with Gasteiger partial charge in [0.2, 0.25) is 5.91 Å². The third-order valence-electron chi connectivity index (χ3n) is 4.56. The number of hydrogen-bond acceptors (Lipinski definition) is 3. The van der Waals surface area contributed by atoms with Gasteiger partial charge in [-0.15, -0.1) is 12.4 Å². The van der Waals surface area contributed by atoms with Crippen molar-refractivity contribution in [2.24, 2.45) is 17.6 Å². The molecule has 1 saturated carbocycles. The number of carbonyl (C=O) groups excluding carboxylic acids is 1. The molecule has 2 aliphatic rings. The van der Waals surface area contributed by atoms with E-state index in [4.69, 9.17) is 10.5 Å². The normalized spacial score (nSPS) is 28.5. The molecule has 1 aliphatic carbocycles. The number of carbonyl (C=O) groups is 1. The van der Waals surface area contributed by atoms with Crippen LogP contribution in [0.3, 0.4) is 0 Å². The Balaban J connectivity index is 0.00000242. The number of amides is 1. The van der Waals surface area contributed by atoms with Gasteiger partial charge in [-0.1, -0.05) is 6.42 Å². The summed E-state index contributed by atoms with van der Waals surface area (Å²) < 4.78 is 43.5. The number of rotatable bonds is 3. The standard InChI is InChI=1S/C14H23F3N2O2.ClH/c15-14(16,17)10-2-1-3-11(8-10)19-13(20)12(18)9-4-6-21-7-5-9;/h9-12H,1-8,18H2,(H,19,20);1H.